The van der Waals surface area contributed by atoms with Gasteiger partial charge in [0.2, 0.25) is 0 Å². The maximum Gasteiger partial charge on any atom is 0.255 e. The monoisotopic (exact) mass is 229 g/mol. The van der Waals surface area contributed by atoms with Crippen LogP contribution in [0.5, 0.6) is 0 Å². The van der Waals surface area contributed by atoms with Gasteiger partial charge in [-0.15, -0.1) is 0 Å². The summed E-state index contributed by atoms with van der Waals surface area (Å²) in [6.45, 7) is 3.95. The molecule has 0 saturated carbocycles. The van der Waals surface area contributed by atoms with Crippen LogP contribution < -0.4 is 5.55 Å². The average Bonchev–Trinajstić information content (AvgIpc) is 2.68. The maximum atomic E-state index is 8.75. The highest BCUT2D eigenvalue weighted by molar-refractivity contribution is 5.95. The summed E-state index contributed by atoms with van der Waals surface area (Å²) < 4.78 is 10.8. The van der Waals surface area contributed by atoms with Gasteiger partial charge in [0.15, 0.2) is 0 Å². The minimum absolute atomic E-state index is 0.192. The van der Waals surface area contributed by atoms with E-state index < -0.39 is 0 Å². The molecule has 0 aliphatic rings. The molecule has 4 heteroatoms. The van der Waals surface area contributed by atoms with Gasteiger partial charge in [-0.2, -0.15) is 0 Å². The van der Waals surface area contributed by atoms with Crippen LogP contribution in [0.2, 0.25) is 0 Å². The van der Waals surface area contributed by atoms with Gasteiger partial charge in [-0.3, -0.25) is 0 Å². The maximum absolute atomic E-state index is 8.75. The van der Waals surface area contributed by atoms with E-state index >= 15 is 0 Å². The zero-order valence-electron chi connectivity index (χ0n) is 9.52. The van der Waals surface area contributed by atoms with E-state index in [1.54, 1.807) is 12.3 Å². The first-order valence-electron chi connectivity index (χ1n) is 5.29. The lowest BCUT2D eigenvalue weighted by molar-refractivity contribution is 0.277. The zero-order chi connectivity index (χ0) is 12.0. The van der Waals surface area contributed by atoms with E-state index in [1.807, 2.05) is 26.0 Å². The molecule has 0 aliphatic heterocycles. The Hall–Kier alpha value is -2.23. The van der Waals surface area contributed by atoms with Crippen LogP contribution in [0, 0.1) is 13.8 Å². The number of aryl methyl sites for hydroxylation is 2. The fraction of sp³-hybridized carbons (Fsp3) is 0.154. The summed E-state index contributed by atoms with van der Waals surface area (Å²) in [5, 5.41) is 13.9. The van der Waals surface area contributed by atoms with Crippen molar-refractivity contribution in [1.29, 1.82) is 0 Å². The van der Waals surface area contributed by atoms with Gasteiger partial charge in [0, 0.05) is 22.9 Å². The first-order valence-corrected chi connectivity index (χ1v) is 5.29. The summed E-state index contributed by atoms with van der Waals surface area (Å²) in [5.41, 5.74) is 3.71. The van der Waals surface area contributed by atoms with Crippen molar-refractivity contribution >= 4 is 21.9 Å². The van der Waals surface area contributed by atoms with Crippen LogP contribution in [0.15, 0.2) is 38.5 Å². The fourth-order valence-corrected chi connectivity index (χ4v) is 2.03. The lowest BCUT2D eigenvalue weighted by atomic mass is 10.1. The van der Waals surface area contributed by atoms with Gasteiger partial charge in [-0.25, -0.2) is 0 Å². The Morgan fingerprint density at radius 3 is 2.53 bits per heavy atom. The van der Waals surface area contributed by atoms with Gasteiger partial charge in [0.1, 0.15) is 11.2 Å². The van der Waals surface area contributed by atoms with E-state index in [9.17, 15) is 0 Å². The molecular formula is C13H11NO3. The van der Waals surface area contributed by atoms with Crippen LogP contribution in [-0.2, 0) is 0 Å². The van der Waals surface area contributed by atoms with Crippen molar-refractivity contribution < 1.29 is 14.0 Å². The molecule has 4 nitrogen and oxygen atoms in total. The first-order chi connectivity index (χ1) is 8.19. The highest BCUT2D eigenvalue weighted by Crippen LogP contribution is 2.27. The summed E-state index contributed by atoms with van der Waals surface area (Å²) in [6, 6.07) is 5.55. The predicted octanol–water partition coefficient (Wildman–Crippen LogP) is 3.09. The molecule has 86 valence electrons. The van der Waals surface area contributed by atoms with Crippen LogP contribution in [0.25, 0.3) is 21.9 Å². The molecule has 1 aromatic carbocycles. The van der Waals surface area contributed by atoms with Crippen molar-refractivity contribution in [2.45, 2.75) is 13.8 Å². The molecule has 0 bridgehead atoms. The molecule has 0 radical (unpaired) electrons. The van der Waals surface area contributed by atoms with E-state index in [0.29, 0.717) is 5.58 Å². The highest BCUT2D eigenvalue weighted by atomic mass is 16.5. The van der Waals surface area contributed by atoms with Crippen LogP contribution in [0.1, 0.15) is 11.1 Å². The quantitative estimate of drug-likeness (QED) is 0.476. The number of rotatable bonds is 0. The largest absolute Gasteiger partial charge is 0.464 e. The predicted molar refractivity (Wildman–Crippen MR) is 62.8 cm³/mol. The van der Waals surface area contributed by atoms with Crippen molar-refractivity contribution in [1.82, 2.24) is 0 Å². The highest BCUT2D eigenvalue weighted by Gasteiger charge is 2.07. The van der Waals surface area contributed by atoms with Crippen molar-refractivity contribution in [2.75, 3.05) is 0 Å². The van der Waals surface area contributed by atoms with Crippen LogP contribution in [0.4, 0.5) is 0 Å². The molecule has 0 aliphatic carbocycles. The molecule has 0 fully saturated rings. The van der Waals surface area contributed by atoms with Crippen LogP contribution >= 0.6 is 0 Å². The number of hydrogen-bond acceptors (Lipinski definition) is 4. The molecule has 0 unspecified atom stereocenters. The Bertz CT molecular complexity index is 780. The third-order valence-corrected chi connectivity index (χ3v) is 2.95. The molecule has 17 heavy (non-hydrogen) atoms. The van der Waals surface area contributed by atoms with E-state index in [2.05, 4.69) is 5.16 Å². The standard InChI is InChI=1S/C13H11NO3/c1-7-3-13(14-15)17-12-5-11-10(4-9(7)12)8(2)6-16-11/h3-6,15H,1-2H3. The van der Waals surface area contributed by atoms with Gasteiger partial charge >= 0.3 is 0 Å². The minimum atomic E-state index is 0.192. The lowest BCUT2D eigenvalue weighted by Crippen LogP contribution is -2.00. The molecule has 0 spiro atoms. The lowest BCUT2D eigenvalue weighted by Gasteiger charge is -2.01. The Kier molecular flexibility index (Phi) is 1.98. The molecule has 2 heterocycles. The summed E-state index contributed by atoms with van der Waals surface area (Å²) in [4.78, 5) is 0. The number of nitrogens with zero attached hydrogens (tertiary/aromatic N) is 1. The number of hydrogen-bond donors (Lipinski definition) is 1. The first kappa shape index (κ1) is 9.96. The molecule has 2 aromatic heterocycles. The fourth-order valence-electron chi connectivity index (χ4n) is 2.03. The van der Waals surface area contributed by atoms with E-state index in [0.717, 1.165) is 27.5 Å². The second kappa shape index (κ2) is 3.38. The zero-order valence-corrected chi connectivity index (χ0v) is 9.52. The molecule has 1 N–H and O–H groups in total. The molecule has 0 saturated heterocycles. The van der Waals surface area contributed by atoms with Crippen molar-refractivity contribution in [3.8, 4) is 0 Å². The van der Waals surface area contributed by atoms with Gasteiger partial charge in [-0.1, -0.05) is 0 Å². The van der Waals surface area contributed by atoms with Crippen molar-refractivity contribution in [3.63, 3.8) is 0 Å². The smallest absolute Gasteiger partial charge is 0.255 e. The van der Waals surface area contributed by atoms with Crippen LogP contribution in [-0.4, -0.2) is 5.21 Å². The topological polar surface area (TPSA) is 58.9 Å². The van der Waals surface area contributed by atoms with Gasteiger partial charge in [-0.05, 0) is 36.2 Å². The van der Waals surface area contributed by atoms with E-state index in [1.165, 1.54) is 0 Å². The van der Waals surface area contributed by atoms with E-state index in [-0.39, 0.29) is 5.55 Å². The summed E-state index contributed by atoms with van der Waals surface area (Å²) in [7, 11) is 0. The van der Waals surface area contributed by atoms with Gasteiger partial charge in [0.05, 0.1) is 6.26 Å². The second-order valence-electron chi connectivity index (χ2n) is 4.13. The average molecular weight is 229 g/mol. The third kappa shape index (κ3) is 1.41. The van der Waals surface area contributed by atoms with E-state index in [4.69, 9.17) is 14.0 Å². The number of fused-ring (bicyclic) bond motifs is 2. The van der Waals surface area contributed by atoms with Gasteiger partial charge < -0.3 is 14.0 Å². The summed E-state index contributed by atoms with van der Waals surface area (Å²) >= 11 is 0. The third-order valence-electron chi connectivity index (χ3n) is 2.95. The minimum Gasteiger partial charge on any atom is -0.464 e. The molecule has 0 atom stereocenters. The summed E-state index contributed by atoms with van der Waals surface area (Å²) in [5.74, 6) is 0. The van der Waals surface area contributed by atoms with Crippen molar-refractivity contribution in [2.24, 2.45) is 5.16 Å². The Balaban J connectivity index is 2.53. The number of benzene rings is 1. The van der Waals surface area contributed by atoms with Gasteiger partial charge in [0.25, 0.3) is 5.55 Å². The number of furan rings is 1. The van der Waals surface area contributed by atoms with Crippen molar-refractivity contribution in [3.05, 3.63) is 41.1 Å². The normalized spacial score (nSPS) is 12.7. The second-order valence-corrected chi connectivity index (χ2v) is 4.13. The summed E-state index contributed by atoms with van der Waals surface area (Å²) in [6.07, 6.45) is 1.72. The molecule has 0 amide bonds. The molecule has 3 rings (SSSR count). The Morgan fingerprint density at radius 1 is 1.00 bits per heavy atom. The molecular weight excluding hydrogens is 218 g/mol. The SMILES string of the molecule is Cc1coc2cc3oc(=NO)cc(C)c3cc12. The Labute approximate surface area is 96.8 Å². The van der Waals surface area contributed by atoms with Crippen LogP contribution in [0.3, 0.4) is 0 Å². The Morgan fingerprint density at radius 2 is 1.76 bits per heavy atom. The molecule has 3 aromatic rings.